The van der Waals surface area contributed by atoms with Crippen LogP contribution in [0, 0.1) is 0 Å². The average molecular weight is 624 g/mol. The maximum absolute atomic E-state index is 2.37. The zero-order valence-electron chi connectivity index (χ0n) is 27.0. The highest BCUT2D eigenvalue weighted by Gasteiger charge is 2.16. The summed E-state index contributed by atoms with van der Waals surface area (Å²) in [6, 6.07) is 72.4. The predicted molar refractivity (Wildman–Crippen MR) is 210 cm³/mol. The van der Waals surface area contributed by atoms with Gasteiger partial charge < -0.3 is 4.90 Å². The van der Waals surface area contributed by atoms with E-state index in [2.05, 4.69) is 205 Å². The molecule has 0 N–H and O–H groups in total. The highest BCUT2D eigenvalue weighted by Crippen LogP contribution is 2.41. The predicted octanol–water partition coefficient (Wildman–Crippen LogP) is 13.6. The smallest absolute Gasteiger partial charge is 0.0468 e. The highest BCUT2D eigenvalue weighted by molar-refractivity contribution is 6.19. The lowest BCUT2D eigenvalue weighted by atomic mass is 9.92. The van der Waals surface area contributed by atoms with Crippen molar-refractivity contribution in [1.82, 2.24) is 0 Å². The van der Waals surface area contributed by atoms with Crippen LogP contribution in [0.15, 0.2) is 200 Å². The van der Waals surface area contributed by atoms with Crippen LogP contribution in [0.25, 0.3) is 65.7 Å². The van der Waals surface area contributed by atoms with Crippen LogP contribution in [0.5, 0.6) is 0 Å². The fraction of sp³-hybridized carbons (Fsp3) is 0. The first kappa shape index (κ1) is 28.8. The van der Waals surface area contributed by atoms with E-state index in [0.29, 0.717) is 0 Å². The molecule has 9 rings (SSSR count). The third-order valence-electron chi connectivity index (χ3n) is 9.67. The third-order valence-corrected chi connectivity index (χ3v) is 9.67. The van der Waals surface area contributed by atoms with Gasteiger partial charge in [0.1, 0.15) is 0 Å². The van der Waals surface area contributed by atoms with Crippen molar-refractivity contribution in [3.8, 4) is 33.4 Å². The van der Waals surface area contributed by atoms with Gasteiger partial charge in [0, 0.05) is 17.1 Å². The van der Waals surface area contributed by atoms with Gasteiger partial charge in [0.15, 0.2) is 0 Å². The van der Waals surface area contributed by atoms with Crippen LogP contribution in [0.2, 0.25) is 0 Å². The Morgan fingerprint density at radius 1 is 0.245 bits per heavy atom. The second kappa shape index (κ2) is 12.3. The van der Waals surface area contributed by atoms with E-state index in [1.54, 1.807) is 0 Å². The van der Waals surface area contributed by atoms with Gasteiger partial charge in [-0.25, -0.2) is 0 Å². The molecule has 0 aliphatic heterocycles. The fourth-order valence-electron chi connectivity index (χ4n) is 7.21. The quantitative estimate of drug-likeness (QED) is 0.167. The van der Waals surface area contributed by atoms with E-state index in [1.807, 2.05) is 0 Å². The lowest BCUT2D eigenvalue weighted by molar-refractivity contribution is 1.29. The number of benzene rings is 9. The Morgan fingerprint density at radius 2 is 0.673 bits per heavy atom. The molecule has 0 aromatic heterocycles. The van der Waals surface area contributed by atoms with Crippen molar-refractivity contribution in [2.24, 2.45) is 0 Å². The lowest BCUT2D eigenvalue weighted by Gasteiger charge is -2.26. The van der Waals surface area contributed by atoms with Crippen molar-refractivity contribution in [1.29, 1.82) is 0 Å². The number of anilines is 3. The topological polar surface area (TPSA) is 3.24 Å². The molecule has 0 bridgehead atoms. The van der Waals surface area contributed by atoms with Crippen LogP contribution in [0.1, 0.15) is 0 Å². The summed E-state index contributed by atoms with van der Waals surface area (Å²) in [7, 11) is 0. The number of nitrogens with zero attached hydrogens (tertiary/aromatic N) is 1. The molecule has 49 heavy (non-hydrogen) atoms. The second-order valence-electron chi connectivity index (χ2n) is 12.6. The zero-order chi connectivity index (χ0) is 32.6. The highest BCUT2D eigenvalue weighted by atomic mass is 15.1. The van der Waals surface area contributed by atoms with E-state index in [4.69, 9.17) is 0 Å². The Balaban J connectivity index is 1.20. The molecule has 0 spiro atoms. The number of fused-ring (bicyclic) bond motifs is 5. The van der Waals surface area contributed by atoms with E-state index in [0.717, 1.165) is 17.1 Å². The Kier molecular flexibility index (Phi) is 7.22. The summed E-state index contributed by atoms with van der Waals surface area (Å²) in [4.78, 5) is 2.37. The largest absolute Gasteiger partial charge is 0.310 e. The van der Waals surface area contributed by atoms with Crippen molar-refractivity contribution < 1.29 is 0 Å². The summed E-state index contributed by atoms with van der Waals surface area (Å²) in [5, 5.41) is 7.55. The summed E-state index contributed by atoms with van der Waals surface area (Å²) < 4.78 is 0. The normalized spacial score (nSPS) is 11.3. The van der Waals surface area contributed by atoms with Gasteiger partial charge >= 0.3 is 0 Å². The maximum Gasteiger partial charge on any atom is 0.0468 e. The molecule has 230 valence electrons. The molecule has 9 aromatic carbocycles. The molecule has 0 saturated heterocycles. The molecule has 0 unspecified atom stereocenters. The molecule has 0 atom stereocenters. The van der Waals surface area contributed by atoms with E-state index >= 15 is 0 Å². The molecule has 0 fully saturated rings. The van der Waals surface area contributed by atoms with Crippen molar-refractivity contribution >= 4 is 49.4 Å². The van der Waals surface area contributed by atoms with E-state index in [1.165, 1.54) is 65.7 Å². The van der Waals surface area contributed by atoms with Crippen molar-refractivity contribution in [3.05, 3.63) is 200 Å². The van der Waals surface area contributed by atoms with Crippen LogP contribution in [0.4, 0.5) is 17.1 Å². The SMILES string of the molecule is c1ccc(-c2ccc(N(c3ccc(-c4ccccc4)cc3)c3ccc4ccc5c6cccc(-c7ccccc7)c6ccc5c4c3)cc2)cc1. The second-order valence-corrected chi connectivity index (χ2v) is 12.6. The molecule has 0 radical (unpaired) electrons. The Bertz CT molecular complexity index is 2470. The Hall–Kier alpha value is -6.44. The minimum Gasteiger partial charge on any atom is -0.310 e. The Labute approximate surface area is 287 Å². The molecule has 0 aliphatic carbocycles. The van der Waals surface area contributed by atoms with Crippen LogP contribution >= 0.6 is 0 Å². The van der Waals surface area contributed by atoms with Gasteiger partial charge in [0.25, 0.3) is 0 Å². The molecule has 0 aliphatic rings. The van der Waals surface area contributed by atoms with Gasteiger partial charge in [0.2, 0.25) is 0 Å². The van der Waals surface area contributed by atoms with Gasteiger partial charge in [-0.2, -0.15) is 0 Å². The van der Waals surface area contributed by atoms with Crippen LogP contribution in [-0.4, -0.2) is 0 Å². The van der Waals surface area contributed by atoms with Gasteiger partial charge in [0.05, 0.1) is 0 Å². The fourth-order valence-corrected chi connectivity index (χ4v) is 7.21. The number of rotatable bonds is 6. The molecular formula is C48H33N. The van der Waals surface area contributed by atoms with Crippen LogP contribution < -0.4 is 4.90 Å². The molecule has 9 aromatic rings. The van der Waals surface area contributed by atoms with Crippen molar-refractivity contribution in [2.75, 3.05) is 4.90 Å². The maximum atomic E-state index is 2.37. The number of hydrogen-bond acceptors (Lipinski definition) is 1. The summed E-state index contributed by atoms with van der Waals surface area (Å²) in [6.45, 7) is 0. The summed E-state index contributed by atoms with van der Waals surface area (Å²) in [6.07, 6.45) is 0. The van der Waals surface area contributed by atoms with Crippen molar-refractivity contribution in [3.63, 3.8) is 0 Å². The molecule has 1 heteroatoms. The Morgan fingerprint density at radius 3 is 1.27 bits per heavy atom. The van der Waals surface area contributed by atoms with E-state index < -0.39 is 0 Å². The molecule has 0 amide bonds. The van der Waals surface area contributed by atoms with Gasteiger partial charge in [-0.05, 0) is 102 Å². The van der Waals surface area contributed by atoms with E-state index in [-0.39, 0.29) is 0 Å². The van der Waals surface area contributed by atoms with Crippen molar-refractivity contribution in [2.45, 2.75) is 0 Å². The molecule has 0 saturated carbocycles. The molecule has 0 heterocycles. The van der Waals surface area contributed by atoms with Gasteiger partial charge in [-0.15, -0.1) is 0 Å². The van der Waals surface area contributed by atoms with Crippen LogP contribution in [-0.2, 0) is 0 Å². The standard InChI is InChI=1S/C48H33N/c1-4-11-34(12-5-1)36-19-25-40(26-20-36)49(41-27-21-37(22-28-41)35-13-6-2-7-14-35)42-29-23-39-24-30-46-44-18-10-17-43(38-15-8-3-9-16-38)45(44)31-32-47(46)48(39)33-42/h1-33H. The zero-order valence-corrected chi connectivity index (χ0v) is 27.0. The number of hydrogen-bond donors (Lipinski definition) is 0. The third kappa shape index (κ3) is 5.32. The van der Waals surface area contributed by atoms with Gasteiger partial charge in [-0.1, -0.05) is 164 Å². The monoisotopic (exact) mass is 623 g/mol. The van der Waals surface area contributed by atoms with Crippen LogP contribution in [0.3, 0.4) is 0 Å². The summed E-state index contributed by atoms with van der Waals surface area (Å²) in [5.41, 5.74) is 10.7. The minimum atomic E-state index is 1.12. The first-order chi connectivity index (χ1) is 24.3. The van der Waals surface area contributed by atoms with Gasteiger partial charge in [-0.3, -0.25) is 0 Å². The van der Waals surface area contributed by atoms with E-state index in [9.17, 15) is 0 Å². The first-order valence-corrected chi connectivity index (χ1v) is 16.8. The lowest BCUT2D eigenvalue weighted by Crippen LogP contribution is -2.09. The molecule has 1 nitrogen and oxygen atoms in total. The molecular weight excluding hydrogens is 591 g/mol. The summed E-state index contributed by atoms with van der Waals surface area (Å²) >= 11 is 0. The minimum absolute atomic E-state index is 1.12. The average Bonchev–Trinajstić information content (AvgIpc) is 3.19. The first-order valence-electron chi connectivity index (χ1n) is 16.8. The summed E-state index contributed by atoms with van der Waals surface area (Å²) in [5.74, 6) is 0.